The largest absolute Gasteiger partial charge is 0.480 e. The second kappa shape index (κ2) is 6.80. The molecule has 0 saturated carbocycles. The molecule has 2 N–H and O–H groups in total. The molecule has 0 aliphatic heterocycles. The summed E-state index contributed by atoms with van der Waals surface area (Å²) in [4.78, 5) is 23.8. The molecule has 1 aromatic rings. The smallest absolute Gasteiger partial charge is 0.323 e. The standard InChI is InChI=1S/C13H15ClN2O3/c1-3-6-16(8-12(17)18)13(19)15-11-5-4-10(14)7-9(11)2/h3-5,7H,1,6,8H2,2H3,(H,15,19)(H,17,18). The number of urea groups is 1. The maximum Gasteiger partial charge on any atom is 0.323 e. The highest BCUT2D eigenvalue weighted by Crippen LogP contribution is 2.19. The molecule has 0 atom stereocenters. The molecule has 0 heterocycles. The number of aryl methyl sites for hydroxylation is 1. The fourth-order valence-electron chi connectivity index (χ4n) is 1.50. The normalized spacial score (nSPS) is 9.79. The number of carbonyl (C=O) groups is 2. The number of aliphatic carboxylic acids is 1. The van der Waals surface area contributed by atoms with Crippen LogP contribution >= 0.6 is 11.6 Å². The van der Waals surface area contributed by atoms with E-state index in [1.807, 2.05) is 0 Å². The van der Waals surface area contributed by atoms with Crippen LogP contribution in [0.3, 0.4) is 0 Å². The Morgan fingerprint density at radius 2 is 2.21 bits per heavy atom. The van der Waals surface area contributed by atoms with Crippen LogP contribution in [0.15, 0.2) is 30.9 Å². The molecule has 2 amide bonds. The Kier molecular flexibility index (Phi) is 5.38. The molecule has 0 saturated heterocycles. The van der Waals surface area contributed by atoms with E-state index in [9.17, 15) is 9.59 Å². The van der Waals surface area contributed by atoms with Gasteiger partial charge in [-0.25, -0.2) is 4.79 Å². The van der Waals surface area contributed by atoms with E-state index in [4.69, 9.17) is 16.7 Å². The number of amides is 2. The lowest BCUT2D eigenvalue weighted by atomic mass is 10.2. The first-order valence-electron chi connectivity index (χ1n) is 5.58. The Labute approximate surface area is 116 Å². The molecular formula is C13H15ClN2O3. The van der Waals surface area contributed by atoms with Gasteiger partial charge in [-0.2, -0.15) is 0 Å². The molecule has 5 nitrogen and oxygen atoms in total. The molecule has 1 aromatic carbocycles. The number of benzene rings is 1. The van der Waals surface area contributed by atoms with E-state index in [0.29, 0.717) is 10.7 Å². The first kappa shape index (κ1) is 15.0. The summed E-state index contributed by atoms with van der Waals surface area (Å²) in [6.07, 6.45) is 1.47. The van der Waals surface area contributed by atoms with E-state index in [-0.39, 0.29) is 13.1 Å². The summed E-state index contributed by atoms with van der Waals surface area (Å²) in [6, 6.07) is 4.54. The van der Waals surface area contributed by atoms with Crippen LogP contribution in [0.1, 0.15) is 5.56 Å². The van der Waals surface area contributed by atoms with Crippen LogP contribution < -0.4 is 5.32 Å². The molecule has 1 rings (SSSR count). The number of nitrogens with zero attached hydrogens (tertiary/aromatic N) is 1. The highest BCUT2D eigenvalue weighted by Gasteiger charge is 2.16. The van der Waals surface area contributed by atoms with E-state index >= 15 is 0 Å². The fraction of sp³-hybridized carbons (Fsp3) is 0.231. The zero-order valence-corrected chi connectivity index (χ0v) is 11.3. The summed E-state index contributed by atoms with van der Waals surface area (Å²) in [6.45, 7) is 5.07. The summed E-state index contributed by atoms with van der Waals surface area (Å²) >= 11 is 5.82. The van der Waals surface area contributed by atoms with Crippen molar-refractivity contribution in [3.63, 3.8) is 0 Å². The number of nitrogens with one attached hydrogen (secondary N) is 1. The van der Waals surface area contributed by atoms with Crippen molar-refractivity contribution in [1.82, 2.24) is 4.90 Å². The van der Waals surface area contributed by atoms with Crippen LogP contribution in [-0.4, -0.2) is 35.1 Å². The van der Waals surface area contributed by atoms with Gasteiger partial charge in [0, 0.05) is 17.3 Å². The van der Waals surface area contributed by atoms with Gasteiger partial charge in [-0.05, 0) is 30.7 Å². The highest BCUT2D eigenvalue weighted by molar-refractivity contribution is 6.30. The fourth-order valence-corrected chi connectivity index (χ4v) is 1.73. The SMILES string of the molecule is C=CCN(CC(=O)O)C(=O)Nc1ccc(Cl)cc1C. The number of rotatable bonds is 5. The number of anilines is 1. The molecule has 6 heteroatoms. The number of carbonyl (C=O) groups excluding carboxylic acids is 1. The zero-order chi connectivity index (χ0) is 14.4. The van der Waals surface area contributed by atoms with Gasteiger partial charge < -0.3 is 15.3 Å². The molecule has 0 fully saturated rings. The van der Waals surface area contributed by atoms with Crippen molar-refractivity contribution in [3.8, 4) is 0 Å². The number of carboxylic acids is 1. The van der Waals surface area contributed by atoms with Crippen LogP contribution in [0.5, 0.6) is 0 Å². The molecule has 0 radical (unpaired) electrons. The maximum absolute atomic E-state index is 11.9. The Hall–Kier alpha value is -2.01. The summed E-state index contributed by atoms with van der Waals surface area (Å²) < 4.78 is 0. The van der Waals surface area contributed by atoms with Gasteiger partial charge in [-0.3, -0.25) is 4.79 Å². The molecule has 0 spiro atoms. The summed E-state index contributed by atoms with van der Waals surface area (Å²) in [5, 5.41) is 12.0. The van der Waals surface area contributed by atoms with Gasteiger partial charge in [0.2, 0.25) is 0 Å². The molecule has 0 unspecified atom stereocenters. The average molecular weight is 283 g/mol. The first-order valence-corrected chi connectivity index (χ1v) is 5.96. The van der Waals surface area contributed by atoms with Crippen LogP contribution in [0.2, 0.25) is 5.02 Å². The van der Waals surface area contributed by atoms with E-state index in [2.05, 4.69) is 11.9 Å². The van der Waals surface area contributed by atoms with Gasteiger partial charge in [0.15, 0.2) is 0 Å². The third-order valence-electron chi connectivity index (χ3n) is 2.39. The monoisotopic (exact) mass is 282 g/mol. The number of carboxylic acid groups (broad SMARTS) is 1. The minimum absolute atomic E-state index is 0.158. The third-order valence-corrected chi connectivity index (χ3v) is 2.63. The second-order valence-corrected chi connectivity index (χ2v) is 4.39. The predicted molar refractivity (Wildman–Crippen MR) is 74.6 cm³/mol. The summed E-state index contributed by atoms with van der Waals surface area (Å²) in [7, 11) is 0. The lowest BCUT2D eigenvalue weighted by Gasteiger charge is -2.20. The minimum Gasteiger partial charge on any atom is -0.480 e. The maximum atomic E-state index is 11.9. The Morgan fingerprint density at radius 1 is 1.53 bits per heavy atom. The number of hydrogen-bond donors (Lipinski definition) is 2. The molecule has 19 heavy (non-hydrogen) atoms. The lowest BCUT2D eigenvalue weighted by Crippen LogP contribution is -2.38. The van der Waals surface area contributed by atoms with Crippen molar-refractivity contribution in [2.75, 3.05) is 18.4 Å². The van der Waals surface area contributed by atoms with Gasteiger partial charge in [0.25, 0.3) is 0 Å². The van der Waals surface area contributed by atoms with Crippen molar-refractivity contribution in [1.29, 1.82) is 0 Å². The quantitative estimate of drug-likeness (QED) is 0.816. The predicted octanol–water partition coefficient (Wildman–Crippen LogP) is 2.75. The molecule has 0 aromatic heterocycles. The van der Waals surface area contributed by atoms with E-state index in [1.165, 1.54) is 6.08 Å². The van der Waals surface area contributed by atoms with Crippen molar-refractivity contribution in [2.24, 2.45) is 0 Å². The van der Waals surface area contributed by atoms with Crippen LogP contribution in [-0.2, 0) is 4.79 Å². The van der Waals surface area contributed by atoms with Crippen LogP contribution in [0, 0.1) is 6.92 Å². The molecule has 0 bridgehead atoms. The summed E-state index contributed by atoms with van der Waals surface area (Å²) in [5.74, 6) is -1.08. The van der Waals surface area contributed by atoms with Crippen molar-refractivity contribution in [2.45, 2.75) is 6.92 Å². The number of hydrogen-bond acceptors (Lipinski definition) is 2. The van der Waals surface area contributed by atoms with Crippen molar-refractivity contribution < 1.29 is 14.7 Å². The lowest BCUT2D eigenvalue weighted by molar-refractivity contribution is -0.137. The second-order valence-electron chi connectivity index (χ2n) is 3.95. The van der Waals surface area contributed by atoms with E-state index < -0.39 is 12.0 Å². The van der Waals surface area contributed by atoms with E-state index in [1.54, 1.807) is 25.1 Å². The average Bonchev–Trinajstić information content (AvgIpc) is 2.31. The zero-order valence-electron chi connectivity index (χ0n) is 10.5. The molecule has 0 aliphatic carbocycles. The van der Waals surface area contributed by atoms with Gasteiger partial charge >= 0.3 is 12.0 Å². The molecule has 0 aliphatic rings. The molecular weight excluding hydrogens is 268 g/mol. The Balaban J connectivity index is 2.80. The van der Waals surface area contributed by atoms with Gasteiger partial charge in [-0.1, -0.05) is 17.7 Å². The molecule has 102 valence electrons. The number of halogens is 1. The highest BCUT2D eigenvalue weighted by atomic mass is 35.5. The third kappa shape index (κ3) is 4.63. The topological polar surface area (TPSA) is 69.6 Å². The minimum atomic E-state index is -1.08. The Bertz CT molecular complexity index is 503. The van der Waals surface area contributed by atoms with Gasteiger partial charge in [-0.15, -0.1) is 6.58 Å². The van der Waals surface area contributed by atoms with Crippen LogP contribution in [0.25, 0.3) is 0 Å². The van der Waals surface area contributed by atoms with Gasteiger partial charge in [0.05, 0.1) is 0 Å². The Morgan fingerprint density at radius 3 is 2.74 bits per heavy atom. The van der Waals surface area contributed by atoms with Crippen LogP contribution in [0.4, 0.5) is 10.5 Å². The first-order chi connectivity index (χ1) is 8.93. The van der Waals surface area contributed by atoms with E-state index in [0.717, 1.165) is 10.5 Å². The van der Waals surface area contributed by atoms with Crippen molar-refractivity contribution >= 4 is 29.3 Å². The van der Waals surface area contributed by atoms with Crippen molar-refractivity contribution in [3.05, 3.63) is 41.4 Å². The van der Waals surface area contributed by atoms with Gasteiger partial charge in [0.1, 0.15) is 6.54 Å². The summed E-state index contributed by atoms with van der Waals surface area (Å²) in [5.41, 5.74) is 1.39.